The lowest BCUT2D eigenvalue weighted by molar-refractivity contribution is 0.141. The molecule has 94 valence electrons. The van der Waals surface area contributed by atoms with Crippen molar-refractivity contribution in [2.45, 2.75) is 25.7 Å². The number of anilines is 2. The van der Waals surface area contributed by atoms with Crippen LogP contribution in [0.15, 0.2) is 12.4 Å². The molecule has 4 N–H and O–H groups in total. The van der Waals surface area contributed by atoms with Crippen molar-refractivity contribution in [3.8, 4) is 0 Å². The maximum Gasteiger partial charge on any atom is 0.144 e. The summed E-state index contributed by atoms with van der Waals surface area (Å²) in [6.07, 6.45) is 8.01. The van der Waals surface area contributed by atoms with E-state index in [-0.39, 0.29) is 0 Å². The van der Waals surface area contributed by atoms with Crippen LogP contribution >= 0.6 is 0 Å². The van der Waals surface area contributed by atoms with Gasteiger partial charge in [-0.2, -0.15) is 0 Å². The van der Waals surface area contributed by atoms with E-state index in [1.165, 1.54) is 19.3 Å². The highest BCUT2D eigenvalue weighted by Gasteiger charge is 2.24. The van der Waals surface area contributed by atoms with Gasteiger partial charge < -0.3 is 16.2 Å². The third-order valence-electron chi connectivity index (χ3n) is 3.52. The molecule has 5 nitrogen and oxygen atoms in total. The first kappa shape index (κ1) is 12.1. The predicted octanol–water partition coefficient (Wildman–Crippen LogP) is 1.27. The van der Waals surface area contributed by atoms with Gasteiger partial charge in [0.15, 0.2) is 0 Å². The molecule has 1 aromatic heterocycles. The summed E-state index contributed by atoms with van der Waals surface area (Å²) in [4.78, 5) is 8.14. The number of nitrogen functional groups attached to an aromatic ring is 1. The van der Waals surface area contributed by atoms with Crippen molar-refractivity contribution >= 4 is 11.6 Å². The van der Waals surface area contributed by atoms with Gasteiger partial charge in [0.25, 0.3) is 0 Å². The van der Waals surface area contributed by atoms with Crippen LogP contribution in [0, 0.1) is 11.8 Å². The Morgan fingerprint density at radius 1 is 1.24 bits per heavy atom. The van der Waals surface area contributed by atoms with Crippen molar-refractivity contribution in [2.24, 2.45) is 11.8 Å². The number of nitrogens with two attached hydrogens (primary N) is 1. The molecule has 2 rings (SSSR count). The molecular weight excluding hydrogens is 216 g/mol. The third-order valence-corrected chi connectivity index (χ3v) is 3.52. The minimum atomic E-state index is 0.291. The Labute approximate surface area is 101 Å². The van der Waals surface area contributed by atoms with Crippen molar-refractivity contribution in [3.63, 3.8) is 0 Å². The third kappa shape index (κ3) is 3.30. The molecule has 0 spiro atoms. The van der Waals surface area contributed by atoms with Gasteiger partial charge >= 0.3 is 0 Å². The molecule has 0 aromatic carbocycles. The fraction of sp³-hybridized carbons (Fsp3) is 0.667. The lowest BCUT2D eigenvalue weighted by Gasteiger charge is -2.30. The Morgan fingerprint density at radius 2 is 2.00 bits per heavy atom. The average Bonchev–Trinajstić information content (AvgIpc) is 2.38. The van der Waals surface area contributed by atoms with E-state index in [2.05, 4.69) is 15.3 Å². The van der Waals surface area contributed by atoms with Gasteiger partial charge in [0.05, 0.1) is 12.4 Å². The van der Waals surface area contributed by atoms with E-state index in [0.29, 0.717) is 24.3 Å². The monoisotopic (exact) mass is 236 g/mol. The minimum Gasteiger partial charge on any atom is -0.396 e. The van der Waals surface area contributed by atoms with E-state index in [1.807, 2.05) is 0 Å². The van der Waals surface area contributed by atoms with Crippen LogP contribution in [0.2, 0.25) is 0 Å². The number of aromatic nitrogens is 2. The fourth-order valence-corrected chi connectivity index (χ4v) is 2.46. The Morgan fingerprint density at radius 3 is 2.65 bits per heavy atom. The minimum absolute atomic E-state index is 0.291. The quantitative estimate of drug-likeness (QED) is 0.733. The SMILES string of the molecule is Nc1cnc(NCC2CCCCC2CO)cn1. The molecule has 2 atom stereocenters. The number of nitrogens with zero attached hydrogens (tertiary/aromatic N) is 2. The van der Waals surface area contributed by atoms with Gasteiger partial charge in [-0.3, -0.25) is 0 Å². The molecule has 1 fully saturated rings. The lowest BCUT2D eigenvalue weighted by atomic mass is 9.79. The van der Waals surface area contributed by atoms with E-state index >= 15 is 0 Å². The number of aliphatic hydroxyl groups excluding tert-OH is 1. The van der Waals surface area contributed by atoms with Gasteiger partial charge in [0.1, 0.15) is 11.6 Å². The standard InChI is InChI=1S/C12H20N4O/c13-11-6-16-12(7-14-11)15-5-9-3-1-2-4-10(9)8-17/h6-7,9-10,17H,1-5,8H2,(H2,13,14)(H,15,16). The second-order valence-corrected chi connectivity index (χ2v) is 4.69. The highest BCUT2D eigenvalue weighted by atomic mass is 16.3. The summed E-state index contributed by atoms with van der Waals surface area (Å²) in [7, 11) is 0. The molecule has 1 aliphatic rings. The van der Waals surface area contributed by atoms with Crippen molar-refractivity contribution in [1.82, 2.24) is 9.97 Å². The summed E-state index contributed by atoms with van der Waals surface area (Å²) in [5.74, 6) is 2.15. The van der Waals surface area contributed by atoms with E-state index in [0.717, 1.165) is 18.8 Å². The van der Waals surface area contributed by atoms with Crippen LogP contribution in [0.25, 0.3) is 0 Å². The first-order valence-electron chi connectivity index (χ1n) is 6.22. The molecule has 2 unspecified atom stereocenters. The van der Waals surface area contributed by atoms with Crippen LogP contribution in [0.5, 0.6) is 0 Å². The Balaban J connectivity index is 1.86. The van der Waals surface area contributed by atoms with Gasteiger partial charge in [0.2, 0.25) is 0 Å². The van der Waals surface area contributed by atoms with E-state index in [9.17, 15) is 5.11 Å². The van der Waals surface area contributed by atoms with Gasteiger partial charge in [-0.25, -0.2) is 9.97 Å². The Hall–Kier alpha value is -1.36. The van der Waals surface area contributed by atoms with Crippen molar-refractivity contribution in [3.05, 3.63) is 12.4 Å². The van der Waals surface area contributed by atoms with Crippen LogP contribution < -0.4 is 11.1 Å². The number of aliphatic hydroxyl groups is 1. The summed E-state index contributed by atoms with van der Waals surface area (Å²) in [6.45, 7) is 1.14. The normalized spacial score (nSPS) is 24.5. The molecule has 0 saturated heterocycles. The summed E-state index contributed by atoms with van der Waals surface area (Å²) in [5, 5.41) is 12.6. The molecule has 1 heterocycles. The maximum atomic E-state index is 9.32. The highest BCUT2D eigenvalue weighted by Crippen LogP contribution is 2.29. The van der Waals surface area contributed by atoms with Gasteiger partial charge in [-0.1, -0.05) is 12.8 Å². The summed E-state index contributed by atoms with van der Waals surface area (Å²) in [6, 6.07) is 0. The number of nitrogens with one attached hydrogen (secondary N) is 1. The topological polar surface area (TPSA) is 84.1 Å². The molecule has 1 aliphatic carbocycles. The zero-order chi connectivity index (χ0) is 12.1. The van der Waals surface area contributed by atoms with Crippen LogP contribution in [0.3, 0.4) is 0 Å². The van der Waals surface area contributed by atoms with Crippen LogP contribution in [-0.4, -0.2) is 28.2 Å². The molecule has 0 aliphatic heterocycles. The van der Waals surface area contributed by atoms with E-state index < -0.39 is 0 Å². The highest BCUT2D eigenvalue weighted by molar-refractivity contribution is 5.35. The number of hydrogen-bond acceptors (Lipinski definition) is 5. The zero-order valence-electron chi connectivity index (χ0n) is 9.97. The molecule has 0 radical (unpaired) electrons. The predicted molar refractivity (Wildman–Crippen MR) is 67.5 cm³/mol. The van der Waals surface area contributed by atoms with Crippen molar-refractivity contribution in [2.75, 3.05) is 24.2 Å². The fourth-order valence-electron chi connectivity index (χ4n) is 2.46. The van der Waals surface area contributed by atoms with Gasteiger partial charge in [-0.15, -0.1) is 0 Å². The van der Waals surface area contributed by atoms with Crippen molar-refractivity contribution < 1.29 is 5.11 Å². The molecule has 1 saturated carbocycles. The average molecular weight is 236 g/mol. The summed E-state index contributed by atoms with van der Waals surface area (Å²) >= 11 is 0. The molecule has 5 heteroatoms. The molecule has 17 heavy (non-hydrogen) atoms. The van der Waals surface area contributed by atoms with Gasteiger partial charge in [0, 0.05) is 13.2 Å². The number of hydrogen-bond donors (Lipinski definition) is 3. The maximum absolute atomic E-state index is 9.32. The molecular formula is C12H20N4O. The second-order valence-electron chi connectivity index (χ2n) is 4.69. The largest absolute Gasteiger partial charge is 0.396 e. The van der Waals surface area contributed by atoms with Crippen molar-refractivity contribution in [1.29, 1.82) is 0 Å². The summed E-state index contributed by atoms with van der Waals surface area (Å²) < 4.78 is 0. The van der Waals surface area contributed by atoms with Crippen LogP contribution in [0.1, 0.15) is 25.7 Å². The van der Waals surface area contributed by atoms with Crippen LogP contribution in [-0.2, 0) is 0 Å². The zero-order valence-corrected chi connectivity index (χ0v) is 9.97. The first-order chi connectivity index (χ1) is 8.29. The summed E-state index contributed by atoms with van der Waals surface area (Å²) in [5.41, 5.74) is 5.47. The first-order valence-corrected chi connectivity index (χ1v) is 6.22. The smallest absolute Gasteiger partial charge is 0.144 e. The second kappa shape index (κ2) is 5.82. The van der Waals surface area contributed by atoms with Gasteiger partial charge in [-0.05, 0) is 24.7 Å². The molecule has 0 bridgehead atoms. The Kier molecular flexibility index (Phi) is 4.14. The molecule has 0 amide bonds. The van der Waals surface area contributed by atoms with E-state index in [4.69, 9.17) is 5.73 Å². The molecule has 1 aromatic rings. The van der Waals surface area contributed by atoms with Crippen LogP contribution in [0.4, 0.5) is 11.6 Å². The van der Waals surface area contributed by atoms with E-state index in [1.54, 1.807) is 12.4 Å². The number of rotatable bonds is 4. The lowest BCUT2D eigenvalue weighted by Crippen LogP contribution is -2.28. The Bertz CT molecular complexity index is 341.